The van der Waals surface area contributed by atoms with E-state index >= 15 is 0 Å². The summed E-state index contributed by atoms with van der Waals surface area (Å²) in [4.78, 5) is 27.6. The van der Waals surface area contributed by atoms with Gasteiger partial charge >= 0.3 is 5.82 Å². The summed E-state index contributed by atoms with van der Waals surface area (Å²) in [6.07, 6.45) is 5.76. The summed E-state index contributed by atoms with van der Waals surface area (Å²) in [6, 6.07) is 0. The number of nitrogens with zero attached hydrogens (tertiary/aromatic N) is 4. The fourth-order valence-corrected chi connectivity index (χ4v) is 2.66. The molecule has 1 fully saturated rings. The Morgan fingerprint density at radius 1 is 1.57 bits per heavy atom. The topological polar surface area (TPSA) is 102 Å². The van der Waals surface area contributed by atoms with Crippen molar-refractivity contribution in [1.29, 1.82) is 0 Å². The third kappa shape index (κ3) is 4.25. The Morgan fingerprint density at radius 2 is 2.38 bits per heavy atom. The SMILES string of the molecule is O=C(CCn1cnc([N+](=O)[O-])c1)N1CCCC(CCO)C1. The number of aryl methyl sites for hydroxylation is 1. The number of hydrogen-bond acceptors (Lipinski definition) is 5. The van der Waals surface area contributed by atoms with Crippen molar-refractivity contribution in [3.05, 3.63) is 22.6 Å². The van der Waals surface area contributed by atoms with Crippen molar-refractivity contribution in [2.45, 2.75) is 32.2 Å². The van der Waals surface area contributed by atoms with Crippen LogP contribution in [0, 0.1) is 16.0 Å². The third-order valence-electron chi connectivity index (χ3n) is 3.80. The van der Waals surface area contributed by atoms with Gasteiger partial charge in [0.1, 0.15) is 6.20 Å². The Kier molecular flexibility index (Phi) is 5.26. The third-order valence-corrected chi connectivity index (χ3v) is 3.80. The maximum atomic E-state index is 12.2. The fraction of sp³-hybridized carbons (Fsp3) is 0.692. The maximum Gasteiger partial charge on any atom is 0.381 e. The molecule has 2 rings (SSSR count). The lowest BCUT2D eigenvalue weighted by atomic mass is 9.95. The minimum atomic E-state index is -0.553. The summed E-state index contributed by atoms with van der Waals surface area (Å²) >= 11 is 0. The summed E-state index contributed by atoms with van der Waals surface area (Å²) in [6.45, 7) is 2.00. The van der Waals surface area contributed by atoms with Gasteiger partial charge in [-0.2, -0.15) is 0 Å². The van der Waals surface area contributed by atoms with Crippen LogP contribution in [0.15, 0.2) is 12.5 Å². The lowest BCUT2D eigenvalue weighted by molar-refractivity contribution is -0.389. The van der Waals surface area contributed by atoms with Crippen LogP contribution in [-0.2, 0) is 11.3 Å². The van der Waals surface area contributed by atoms with E-state index in [4.69, 9.17) is 5.11 Å². The van der Waals surface area contributed by atoms with Crippen LogP contribution >= 0.6 is 0 Å². The van der Waals surface area contributed by atoms with Crippen LogP contribution in [0.5, 0.6) is 0 Å². The highest BCUT2D eigenvalue weighted by Gasteiger charge is 2.23. The predicted octanol–water partition coefficient (Wildman–Crippen LogP) is 0.802. The predicted molar refractivity (Wildman–Crippen MR) is 74.5 cm³/mol. The second kappa shape index (κ2) is 7.16. The Morgan fingerprint density at radius 3 is 3.05 bits per heavy atom. The average molecular weight is 296 g/mol. The van der Waals surface area contributed by atoms with E-state index in [-0.39, 0.29) is 18.3 Å². The summed E-state index contributed by atoms with van der Waals surface area (Å²) in [5, 5.41) is 19.5. The van der Waals surface area contributed by atoms with Gasteiger partial charge in [-0.25, -0.2) is 0 Å². The number of aromatic nitrogens is 2. The van der Waals surface area contributed by atoms with Crippen LogP contribution in [0.25, 0.3) is 0 Å². The molecule has 0 bridgehead atoms. The van der Waals surface area contributed by atoms with Gasteiger partial charge in [0.25, 0.3) is 0 Å². The standard InChI is InChI=1S/C13H20N4O4/c18-7-4-11-2-1-5-16(8-11)13(19)3-6-15-9-12(14-10-15)17(20)21/h9-11,18H,1-8H2. The first-order valence-electron chi connectivity index (χ1n) is 7.15. The van der Waals surface area contributed by atoms with Crippen molar-refractivity contribution in [2.75, 3.05) is 19.7 Å². The van der Waals surface area contributed by atoms with Crippen molar-refractivity contribution >= 4 is 11.7 Å². The number of rotatable bonds is 6. The number of aliphatic hydroxyl groups excluding tert-OH is 1. The highest BCUT2D eigenvalue weighted by atomic mass is 16.6. The molecule has 0 aliphatic carbocycles. The molecule has 1 aliphatic rings. The summed E-state index contributed by atoms with van der Waals surface area (Å²) in [7, 11) is 0. The molecule has 0 saturated carbocycles. The number of likely N-dealkylation sites (tertiary alicyclic amines) is 1. The minimum absolute atomic E-state index is 0.0500. The van der Waals surface area contributed by atoms with Crippen molar-refractivity contribution in [2.24, 2.45) is 5.92 Å². The summed E-state index contributed by atoms with van der Waals surface area (Å²) in [5.41, 5.74) is 0. The van der Waals surface area contributed by atoms with Gasteiger partial charge in [-0.1, -0.05) is 0 Å². The van der Waals surface area contributed by atoms with E-state index in [9.17, 15) is 14.9 Å². The largest absolute Gasteiger partial charge is 0.396 e. The van der Waals surface area contributed by atoms with E-state index in [2.05, 4.69) is 4.98 Å². The molecule has 21 heavy (non-hydrogen) atoms. The Bertz CT molecular complexity index is 500. The van der Waals surface area contributed by atoms with Crippen molar-refractivity contribution in [1.82, 2.24) is 14.5 Å². The monoisotopic (exact) mass is 296 g/mol. The van der Waals surface area contributed by atoms with Crippen molar-refractivity contribution in [3.8, 4) is 0 Å². The van der Waals surface area contributed by atoms with Crippen LogP contribution < -0.4 is 0 Å². The second-order valence-electron chi connectivity index (χ2n) is 5.34. The van der Waals surface area contributed by atoms with E-state index in [0.29, 0.717) is 25.4 Å². The molecule has 0 spiro atoms. The molecule has 1 N–H and O–H groups in total. The smallest absolute Gasteiger partial charge is 0.381 e. The van der Waals surface area contributed by atoms with E-state index in [1.807, 2.05) is 4.90 Å². The summed E-state index contributed by atoms with van der Waals surface area (Å²) in [5.74, 6) is 0.222. The molecular formula is C13H20N4O4. The van der Waals surface area contributed by atoms with Crippen LogP contribution in [0.1, 0.15) is 25.7 Å². The van der Waals surface area contributed by atoms with Gasteiger partial charge in [0.15, 0.2) is 0 Å². The van der Waals surface area contributed by atoms with Gasteiger partial charge in [-0.3, -0.25) is 4.79 Å². The molecule has 8 nitrogen and oxygen atoms in total. The highest BCUT2D eigenvalue weighted by molar-refractivity contribution is 5.76. The zero-order valence-electron chi connectivity index (χ0n) is 11.8. The van der Waals surface area contributed by atoms with Gasteiger partial charge < -0.3 is 24.7 Å². The summed E-state index contributed by atoms with van der Waals surface area (Å²) < 4.78 is 1.56. The molecule has 0 aromatic carbocycles. The normalized spacial score (nSPS) is 18.7. The quantitative estimate of drug-likeness (QED) is 0.618. The van der Waals surface area contributed by atoms with Gasteiger partial charge in [0.2, 0.25) is 12.2 Å². The highest BCUT2D eigenvalue weighted by Crippen LogP contribution is 2.20. The van der Waals surface area contributed by atoms with E-state index in [0.717, 1.165) is 25.8 Å². The van der Waals surface area contributed by atoms with E-state index in [1.54, 1.807) is 4.57 Å². The molecule has 1 aliphatic heterocycles. The first kappa shape index (κ1) is 15.4. The number of carbonyl (C=O) groups is 1. The number of aliphatic hydroxyl groups is 1. The number of amides is 1. The molecule has 1 atom stereocenters. The molecule has 1 aromatic heterocycles. The Balaban J connectivity index is 1.81. The van der Waals surface area contributed by atoms with Crippen LogP contribution in [-0.4, -0.2) is 50.1 Å². The Hall–Kier alpha value is -1.96. The molecular weight excluding hydrogens is 276 g/mol. The van der Waals surface area contributed by atoms with Gasteiger partial charge in [-0.15, -0.1) is 0 Å². The van der Waals surface area contributed by atoms with Crippen molar-refractivity contribution in [3.63, 3.8) is 0 Å². The first-order valence-corrected chi connectivity index (χ1v) is 7.15. The van der Waals surface area contributed by atoms with Crippen LogP contribution in [0.3, 0.4) is 0 Å². The second-order valence-corrected chi connectivity index (χ2v) is 5.34. The van der Waals surface area contributed by atoms with E-state index < -0.39 is 4.92 Å². The van der Waals surface area contributed by atoms with Crippen LogP contribution in [0.4, 0.5) is 5.82 Å². The number of hydrogen-bond donors (Lipinski definition) is 1. The number of piperidine rings is 1. The lowest BCUT2D eigenvalue weighted by Gasteiger charge is -2.32. The molecule has 1 saturated heterocycles. The number of carbonyl (C=O) groups excluding carboxylic acids is 1. The first-order chi connectivity index (χ1) is 10.1. The van der Waals surface area contributed by atoms with Crippen LogP contribution in [0.2, 0.25) is 0 Å². The lowest BCUT2D eigenvalue weighted by Crippen LogP contribution is -2.40. The Labute approximate surface area is 122 Å². The molecule has 8 heteroatoms. The zero-order valence-corrected chi connectivity index (χ0v) is 11.8. The van der Waals surface area contributed by atoms with Gasteiger partial charge in [0.05, 0.1) is 0 Å². The zero-order chi connectivity index (χ0) is 15.2. The number of nitro groups is 1. The fourth-order valence-electron chi connectivity index (χ4n) is 2.66. The average Bonchev–Trinajstić information content (AvgIpc) is 2.94. The molecule has 1 amide bonds. The van der Waals surface area contributed by atoms with E-state index in [1.165, 1.54) is 12.5 Å². The molecule has 1 unspecified atom stereocenters. The molecule has 116 valence electrons. The molecule has 2 heterocycles. The molecule has 1 aromatic rings. The minimum Gasteiger partial charge on any atom is -0.396 e. The van der Waals surface area contributed by atoms with Gasteiger partial charge in [0, 0.05) is 32.7 Å². The number of imidazole rings is 1. The van der Waals surface area contributed by atoms with Crippen molar-refractivity contribution < 1.29 is 14.8 Å². The maximum absolute atomic E-state index is 12.2. The molecule has 0 radical (unpaired) electrons. The van der Waals surface area contributed by atoms with Gasteiger partial charge in [-0.05, 0) is 35.1 Å².